The van der Waals surface area contributed by atoms with Crippen LogP contribution in [0.5, 0.6) is 5.75 Å². The predicted molar refractivity (Wildman–Crippen MR) is 82.3 cm³/mol. The summed E-state index contributed by atoms with van der Waals surface area (Å²) in [6.07, 6.45) is 0.867. The highest BCUT2D eigenvalue weighted by Gasteiger charge is 2.03. The molecule has 0 saturated heterocycles. The Bertz CT molecular complexity index is 706. The van der Waals surface area contributed by atoms with E-state index in [1.807, 2.05) is 12.1 Å². The van der Waals surface area contributed by atoms with E-state index in [1.165, 1.54) is 16.2 Å². The highest BCUT2D eigenvalue weighted by Crippen LogP contribution is 2.29. The summed E-state index contributed by atoms with van der Waals surface area (Å²) in [5.41, 5.74) is 0. The fourth-order valence-electron chi connectivity index (χ4n) is 2.30. The molecule has 2 heteroatoms. The summed E-state index contributed by atoms with van der Waals surface area (Å²) >= 11 is 5.68. The molecule has 0 heterocycles. The van der Waals surface area contributed by atoms with Crippen molar-refractivity contribution >= 4 is 33.1 Å². The van der Waals surface area contributed by atoms with Crippen LogP contribution in [-0.4, -0.2) is 12.5 Å². The molecule has 0 unspecified atom stereocenters. The maximum absolute atomic E-state index is 5.82. The average molecular weight is 271 g/mol. The summed E-state index contributed by atoms with van der Waals surface area (Å²) in [7, 11) is 0. The molecule has 0 N–H and O–H groups in total. The Balaban J connectivity index is 2.09. The summed E-state index contributed by atoms with van der Waals surface area (Å²) in [4.78, 5) is 0. The van der Waals surface area contributed by atoms with Gasteiger partial charge in [0, 0.05) is 11.3 Å². The lowest BCUT2D eigenvalue weighted by Gasteiger charge is -2.09. The third-order valence-electron chi connectivity index (χ3n) is 3.24. The Morgan fingerprint density at radius 1 is 0.842 bits per heavy atom. The molecule has 96 valence electrons. The molecule has 0 radical (unpaired) electrons. The topological polar surface area (TPSA) is 9.23 Å². The zero-order chi connectivity index (χ0) is 13.1. The van der Waals surface area contributed by atoms with Gasteiger partial charge in [0.1, 0.15) is 5.75 Å². The van der Waals surface area contributed by atoms with Crippen LogP contribution in [0.1, 0.15) is 6.42 Å². The summed E-state index contributed by atoms with van der Waals surface area (Å²) in [6, 6.07) is 19.0. The molecule has 3 aromatic rings. The zero-order valence-corrected chi connectivity index (χ0v) is 11.4. The van der Waals surface area contributed by atoms with Gasteiger partial charge in [-0.1, -0.05) is 36.4 Å². The first kappa shape index (κ1) is 12.3. The van der Waals surface area contributed by atoms with Gasteiger partial charge in [0.15, 0.2) is 0 Å². The maximum Gasteiger partial charge on any atom is 0.127 e. The molecule has 19 heavy (non-hydrogen) atoms. The molecule has 3 aromatic carbocycles. The van der Waals surface area contributed by atoms with Gasteiger partial charge in [-0.25, -0.2) is 0 Å². The van der Waals surface area contributed by atoms with Crippen molar-refractivity contribution in [3.05, 3.63) is 54.6 Å². The largest absolute Gasteiger partial charge is 0.493 e. The van der Waals surface area contributed by atoms with Crippen molar-refractivity contribution in [1.29, 1.82) is 0 Å². The maximum atomic E-state index is 5.82. The van der Waals surface area contributed by atoms with E-state index in [-0.39, 0.29) is 0 Å². The number of ether oxygens (including phenoxy) is 1. The van der Waals surface area contributed by atoms with Crippen molar-refractivity contribution < 1.29 is 4.74 Å². The first-order valence-electron chi connectivity index (χ1n) is 6.49. The zero-order valence-electron chi connectivity index (χ0n) is 10.6. The van der Waals surface area contributed by atoms with Crippen molar-refractivity contribution in [2.75, 3.05) is 12.5 Å². The number of alkyl halides is 1. The molecule has 0 bridgehead atoms. The summed E-state index contributed by atoms with van der Waals surface area (Å²) in [5, 5.41) is 4.87. The molecule has 0 aromatic heterocycles. The van der Waals surface area contributed by atoms with E-state index in [1.54, 1.807) is 0 Å². The lowest BCUT2D eigenvalue weighted by atomic mass is 10.0. The Hall–Kier alpha value is -1.73. The van der Waals surface area contributed by atoms with Crippen LogP contribution < -0.4 is 4.74 Å². The Morgan fingerprint density at radius 3 is 2.37 bits per heavy atom. The first-order chi connectivity index (χ1) is 9.38. The van der Waals surface area contributed by atoms with Crippen LogP contribution in [0.15, 0.2) is 54.6 Å². The predicted octanol–water partition coefficient (Wildman–Crippen LogP) is 5.00. The molecule has 3 rings (SSSR count). The van der Waals surface area contributed by atoms with Gasteiger partial charge in [0.05, 0.1) is 6.61 Å². The average Bonchev–Trinajstić information content (AvgIpc) is 2.46. The third-order valence-corrected chi connectivity index (χ3v) is 3.51. The van der Waals surface area contributed by atoms with Crippen LogP contribution in [0.25, 0.3) is 21.5 Å². The van der Waals surface area contributed by atoms with E-state index in [2.05, 4.69) is 42.5 Å². The lowest BCUT2D eigenvalue weighted by molar-refractivity contribution is 0.322. The number of fused-ring (bicyclic) bond motifs is 2. The number of benzene rings is 3. The van der Waals surface area contributed by atoms with Crippen LogP contribution in [0, 0.1) is 0 Å². The molecule has 0 atom stereocenters. The molecule has 0 aliphatic heterocycles. The second-order valence-electron chi connectivity index (χ2n) is 4.57. The van der Waals surface area contributed by atoms with E-state index < -0.39 is 0 Å². The van der Waals surface area contributed by atoms with Gasteiger partial charge in [0.25, 0.3) is 0 Å². The Labute approximate surface area is 117 Å². The minimum Gasteiger partial charge on any atom is -0.493 e. The molecule has 0 aliphatic rings. The summed E-state index contributed by atoms with van der Waals surface area (Å²) < 4.78 is 5.82. The monoisotopic (exact) mass is 270 g/mol. The van der Waals surface area contributed by atoms with Crippen LogP contribution in [-0.2, 0) is 0 Å². The van der Waals surface area contributed by atoms with Crippen molar-refractivity contribution in [1.82, 2.24) is 0 Å². The number of hydrogen-bond acceptors (Lipinski definition) is 1. The number of hydrogen-bond donors (Lipinski definition) is 0. The van der Waals surface area contributed by atoms with Crippen molar-refractivity contribution in [3.63, 3.8) is 0 Å². The molecule has 0 fully saturated rings. The fraction of sp³-hybridized carbons (Fsp3) is 0.176. The Kier molecular flexibility index (Phi) is 3.56. The highest BCUT2D eigenvalue weighted by molar-refractivity contribution is 6.17. The lowest BCUT2D eigenvalue weighted by Crippen LogP contribution is -1.98. The van der Waals surface area contributed by atoms with Gasteiger partial charge in [-0.3, -0.25) is 0 Å². The molecular formula is C17H15ClO. The summed E-state index contributed by atoms with van der Waals surface area (Å²) in [5.74, 6) is 1.57. The van der Waals surface area contributed by atoms with Gasteiger partial charge in [-0.2, -0.15) is 0 Å². The van der Waals surface area contributed by atoms with E-state index in [9.17, 15) is 0 Å². The molecule has 1 nitrogen and oxygen atoms in total. The highest BCUT2D eigenvalue weighted by atomic mass is 35.5. The van der Waals surface area contributed by atoms with Crippen LogP contribution in [0.4, 0.5) is 0 Å². The third kappa shape index (κ3) is 2.52. The van der Waals surface area contributed by atoms with Crippen molar-refractivity contribution in [2.24, 2.45) is 0 Å². The van der Waals surface area contributed by atoms with E-state index in [0.717, 1.165) is 17.6 Å². The molecular weight excluding hydrogens is 256 g/mol. The van der Waals surface area contributed by atoms with Gasteiger partial charge in [-0.15, -0.1) is 11.6 Å². The standard InChI is InChI=1S/C17H15ClO/c18-9-4-10-19-17-8-3-7-15-11-13-5-1-2-6-14(13)12-16(15)17/h1-3,5-8,11-12H,4,9-10H2. The molecule has 0 aliphatic carbocycles. The van der Waals surface area contributed by atoms with E-state index >= 15 is 0 Å². The van der Waals surface area contributed by atoms with Crippen LogP contribution >= 0.6 is 11.6 Å². The Morgan fingerprint density at radius 2 is 1.58 bits per heavy atom. The summed E-state index contributed by atoms with van der Waals surface area (Å²) in [6.45, 7) is 0.662. The van der Waals surface area contributed by atoms with Crippen molar-refractivity contribution in [3.8, 4) is 5.75 Å². The molecule has 0 spiro atoms. The smallest absolute Gasteiger partial charge is 0.127 e. The fourth-order valence-corrected chi connectivity index (χ4v) is 2.41. The second-order valence-corrected chi connectivity index (χ2v) is 4.95. The van der Waals surface area contributed by atoms with Gasteiger partial charge < -0.3 is 4.74 Å². The first-order valence-corrected chi connectivity index (χ1v) is 7.02. The minimum atomic E-state index is 0.633. The number of rotatable bonds is 4. The van der Waals surface area contributed by atoms with Gasteiger partial charge >= 0.3 is 0 Å². The van der Waals surface area contributed by atoms with Gasteiger partial charge in [-0.05, 0) is 40.8 Å². The second kappa shape index (κ2) is 5.50. The quantitative estimate of drug-likeness (QED) is 0.368. The molecule has 0 saturated carbocycles. The van der Waals surface area contributed by atoms with Crippen LogP contribution in [0.3, 0.4) is 0 Å². The van der Waals surface area contributed by atoms with Crippen molar-refractivity contribution in [2.45, 2.75) is 6.42 Å². The van der Waals surface area contributed by atoms with E-state index in [0.29, 0.717) is 12.5 Å². The van der Waals surface area contributed by atoms with Crippen LogP contribution in [0.2, 0.25) is 0 Å². The number of halogens is 1. The normalized spacial score (nSPS) is 11.0. The van der Waals surface area contributed by atoms with E-state index in [4.69, 9.17) is 16.3 Å². The van der Waals surface area contributed by atoms with Gasteiger partial charge in [0.2, 0.25) is 0 Å². The minimum absolute atomic E-state index is 0.633. The SMILES string of the molecule is ClCCCOc1cccc2cc3ccccc3cc12. The molecule has 0 amide bonds.